The molecule has 0 radical (unpaired) electrons. The molecular formula is C53H50N3OPt-. The third kappa shape index (κ3) is 7.71. The van der Waals surface area contributed by atoms with Crippen LogP contribution in [0.15, 0.2) is 140 Å². The van der Waals surface area contributed by atoms with E-state index in [-0.39, 0.29) is 37.8 Å². The van der Waals surface area contributed by atoms with Crippen molar-refractivity contribution in [1.29, 1.82) is 0 Å². The van der Waals surface area contributed by atoms with Crippen LogP contribution in [-0.2, 0) is 26.5 Å². The van der Waals surface area contributed by atoms with Crippen molar-refractivity contribution in [1.82, 2.24) is 14.5 Å². The Balaban J connectivity index is 0.00000595. The quantitative estimate of drug-likeness (QED) is 0.154. The number of nitrogens with zero attached hydrogens (tertiary/aromatic N) is 3. The molecule has 6 aromatic carbocycles. The van der Waals surface area contributed by atoms with Crippen molar-refractivity contribution in [3.63, 3.8) is 0 Å². The maximum atomic E-state index is 11.4. The van der Waals surface area contributed by atoms with Gasteiger partial charge in [0, 0.05) is 39.8 Å². The summed E-state index contributed by atoms with van der Waals surface area (Å²) in [7, 11) is 0. The van der Waals surface area contributed by atoms with Gasteiger partial charge < -0.3 is 5.11 Å². The van der Waals surface area contributed by atoms with Gasteiger partial charge in [-0.2, -0.15) is 0 Å². The number of phenolic OH excluding ortho intramolecular Hbond substituents is 1. The van der Waals surface area contributed by atoms with Gasteiger partial charge in [0.15, 0.2) is 0 Å². The van der Waals surface area contributed by atoms with Gasteiger partial charge in [-0.15, -0.1) is 29.3 Å². The minimum atomic E-state index is -2.59. The maximum Gasteiger partial charge on any atom is 0.148 e. The van der Waals surface area contributed by atoms with Gasteiger partial charge >= 0.3 is 0 Å². The second-order valence-electron chi connectivity index (χ2n) is 16.2. The third-order valence-corrected chi connectivity index (χ3v) is 10.7. The first-order valence-corrected chi connectivity index (χ1v) is 19.4. The van der Waals surface area contributed by atoms with E-state index in [1.807, 2.05) is 83.6 Å². The second kappa shape index (κ2) is 16.4. The zero-order chi connectivity index (χ0) is 44.4. The summed E-state index contributed by atoms with van der Waals surface area (Å²) in [6.45, 7) is 11.1. The van der Waals surface area contributed by atoms with Gasteiger partial charge in [0.2, 0.25) is 0 Å². The van der Waals surface area contributed by atoms with Crippen LogP contribution in [-0.4, -0.2) is 19.6 Å². The molecule has 0 amide bonds. The average Bonchev–Trinajstić information content (AvgIpc) is 3.62. The molecule has 0 aliphatic carbocycles. The number of hydrogen-bond donors (Lipinski definition) is 1. The molecule has 4 nitrogen and oxygen atoms in total. The molecule has 0 fully saturated rings. The van der Waals surface area contributed by atoms with Crippen molar-refractivity contribution in [3.05, 3.63) is 168 Å². The van der Waals surface area contributed by atoms with Gasteiger partial charge in [-0.1, -0.05) is 145 Å². The number of imidazole rings is 1. The molecule has 2 aromatic heterocycles. The number of fused-ring (bicyclic) bond motifs is 1. The van der Waals surface area contributed by atoms with Crippen molar-refractivity contribution in [2.24, 2.45) is 0 Å². The third-order valence-electron chi connectivity index (χ3n) is 10.7. The maximum absolute atomic E-state index is 11.4. The molecule has 0 spiro atoms. The molecule has 0 aliphatic rings. The Morgan fingerprint density at radius 2 is 1.36 bits per heavy atom. The molecule has 0 aliphatic heterocycles. The molecule has 0 atom stereocenters. The van der Waals surface area contributed by atoms with E-state index >= 15 is 0 Å². The molecule has 0 unspecified atom stereocenters. The summed E-state index contributed by atoms with van der Waals surface area (Å²) >= 11 is 0. The van der Waals surface area contributed by atoms with Crippen LogP contribution in [0.3, 0.4) is 0 Å². The van der Waals surface area contributed by atoms with Crippen LogP contribution >= 0.6 is 0 Å². The number of phenols is 1. The predicted molar refractivity (Wildman–Crippen MR) is 238 cm³/mol. The Kier molecular flexibility index (Phi) is 9.72. The zero-order valence-corrected chi connectivity index (χ0v) is 36.2. The van der Waals surface area contributed by atoms with Gasteiger partial charge in [-0.05, 0) is 99.4 Å². The number of hydrogen-bond acceptors (Lipinski definition) is 3. The molecule has 1 N–H and O–H groups in total. The number of benzene rings is 6. The topological polar surface area (TPSA) is 50.9 Å². The van der Waals surface area contributed by atoms with E-state index in [2.05, 4.69) is 57.2 Å². The first-order valence-electron chi connectivity index (χ1n) is 21.9. The molecule has 0 saturated carbocycles. The number of aryl methyl sites for hydroxylation is 1. The second-order valence-corrected chi connectivity index (χ2v) is 16.2. The van der Waals surface area contributed by atoms with E-state index in [1.165, 1.54) is 0 Å². The fourth-order valence-corrected chi connectivity index (χ4v) is 7.66. The summed E-state index contributed by atoms with van der Waals surface area (Å²) in [5, 5.41) is 11.4. The fourth-order valence-electron chi connectivity index (χ4n) is 7.66. The van der Waals surface area contributed by atoms with Gasteiger partial charge in [0.25, 0.3) is 0 Å². The first kappa shape index (κ1) is 34.5. The van der Waals surface area contributed by atoms with Gasteiger partial charge in [-0.25, -0.2) is 4.98 Å². The van der Waals surface area contributed by atoms with Crippen molar-refractivity contribution < 1.29 is 33.0 Å². The van der Waals surface area contributed by atoms with Crippen LogP contribution in [0.4, 0.5) is 0 Å². The van der Waals surface area contributed by atoms with E-state index in [9.17, 15) is 5.11 Å². The van der Waals surface area contributed by atoms with Crippen LogP contribution in [0, 0.1) is 12.9 Å². The van der Waals surface area contributed by atoms with E-state index in [0.717, 1.165) is 39.1 Å². The molecule has 0 bridgehead atoms. The summed E-state index contributed by atoms with van der Waals surface area (Å²) < 4.78 is 46.8. The van der Waals surface area contributed by atoms with Crippen LogP contribution < -0.4 is 0 Å². The number of para-hydroxylation sites is 2. The molecule has 58 heavy (non-hydrogen) atoms. The Morgan fingerprint density at radius 3 is 2.05 bits per heavy atom. The Morgan fingerprint density at radius 1 is 0.690 bits per heavy atom. The summed E-state index contributed by atoms with van der Waals surface area (Å²) in [4.78, 5) is 10.1. The zero-order valence-electron chi connectivity index (χ0n) is 38.9. The van der Waals surface area contributed by atoms with Crippen molar-refractivity contribution >= 4 is 11.0 Å². The summed E-state index contributed by atoms with van der Waals surface area (Å²) in [5.74, 6) is -1.70. The largest absolute Gasteiger partial charge is 0.507 e. The fraction of sp³-hybridized carbons (Fsp3) is 0.208. The first-order chi connectivity index (χ1) is 29.2. The average molecular weight is 945 g/mol. The molecular weight excluding hydrogens is 890 g/mol. The number of rotatable bonds is 8. The van der Waals surface area contributed by atoms with Crippen LogP contribution in [0.2, 0.25) is 0 Å². The van der Waals surface area contributed by atoms with E-state index in [1.54, 1.807) is 58.0 Å². The number of aromatic nitrogens is 3. The molecule has 294 valence electrons. The van der Waals surface area contributed by atoms with Crippen LogP contribution in [0.1, 0.15) is 89.4 Å². The Bertz CT molecular complexity index is 2940. The monoisotopic (exact) mass is 944 g/mol. The number of aromatic hydroxyl groups is 1. The normalized spacial score (nSPS) is 13.5. The molecule has 5 heteroatoms. The van der Waals surface area contributed by atoms with Gasteiger partial charge in [0.1, 0.15) is 11.6 Å². The van der Waals surface area contributed by atoms with Gasteiger partial charge in [0.05, 0.1) is 22.3 Å². The van der Waals surface area contributed by atoms with E-state index in [0.29, 0.717) is 50.4 Å². The predicted octanol–water partition coefficient (Wildman–Crippen LogP) is 14.1. The minimum Gasteiger partial charge on any atom is -0.507 e. The van der Waals surface area contributed by atoms with Crippen LogP contribution in [0.25, 0.3) is 72.7 Å². The standard InChI is InChI=1S/C53H50N3O.Pt/c1-33(2)42-19-14-20-43(34(3)4)50(42)38-24-25-47(35(5)28-38)56-48-22-15-21-44(51(48)55-52(56)45-18-12-13-23-49(45)57)39-29-40(31-41(30-39)53(6,7)8)46-32-37(26-27-54-46)36-16-10-9-11-17-36;/h9-28,30-34,57H,1-8H3;/q-1;/i5D3,33D,34D;. The molecule has 8 rings (SSSR count). The molecule has 2 heterocycles. The molecule has 8 aromatic rings. The Labute approximate surface area is 365 Å². The smallest absolute Gasteiger partial charge is 0.148 e. The van der Waals surface area contributed by atoms with E-state index in [4.69, 9.17) is 16.8 Å². The van der Waals surface area contributed by atoms with E-state index < -0.39 is 18.6 Å². The summed E-state index contributed by atoms with van der Waals surface area (Å²) in [5.41, 5.74) is 11.0. The SMILES string of the molecule is [2H]C([2H])([2H])c1cc(-c2c(C([2H])(C)C)cccc2C([2H])(C)C)ccc1-n1c(-c2ccccc2O)nc2c(-c3[c-]c(-c4cc(-c5ccccc5)ccn4)cc(C(C)(C)C)c3)cccc21.[Pt]. The van der Waals surface area contributed by atoms with Crippen molar-refractivity contribution in [2.45, 2.75) is 72.5 Å². The molecule has 0 saturated heterocycles. The summed E-state index contributed by atoms with van der Waals surface area (Å²) in [6, 6.07) is 46.0. The Hall–Kier alpha value is -5.57. The van der Waals surface area contributed by atoms with Crippen molar-refractivity contribution in [2.75, 3.05) is 0 Å². The number of pyridine rings is 1. The summed E-state index contributed by atoms with van der Waals surface area (Å²) in [6.07, 6.45) is 1.82. The van der Waals surface area contributed by atoms with Crippen LogP contribution in [0.5, 0.6) is 5.75 Å². The minimum absolute atomic E-state index is 0. The van der Waals surface area contributed by atoms with Gasteiger partial charge in [-0.3, -0.25) is 9.55 Å². The van der Waals surface area contributed by atoms with Crippen molar-refractivity contribution in [3.8, 4) is 67.5 Å².